The van der Waals surface area contributed by atoms with Gasteiger partial charge in [0.2, 0.25) is 5.09 Å². The standard InChI is InChI=1S/C12H18N2O5S2/c1-17-4-5-18-3-2-14-8-10-6-9-7-11(21(13,15)16)19-12(9)20-10/h6-7,14H,2-5,8H2,1H3,(H2,13,15,16). The molecule has 0 aliphatic carbocycles. The minimum atomic E-state index is -3.78. The van der Waals surface area contributed by atoms with Crippen LogP contribution in [0.3, 0.4) is 0 Å². The van der Waals surface area contributed by atoms with E-state index in [9.17, 15) is 8.42 Å². The molecule has 0 aromatic carbocycles. The fourth-order valence-electron chi connectivity index (χ4n) is 1.70. The van der Waals surface area contributed by atoms with Crippen molar-refractivity contribution < 1.29 is 22.3 Å². The smallest absolute Gasteiger partial charge is 0.271 e. The lowest BCUT2D eigenvalue weighted by molar-refractivity contribution is 0.0719. The monoisotopic (exact) mass is 334 g/mol. The number of methoxy groups -OCH3 is 1. The van der Waals surface area contributed by atoms with Gasteiger partial charge in [0, 0.05) is 36.5 Å². The van der Waals surface area contributed by atoms with Crippen molar-refractivity contribution in [2.45, 2.75) is 11.6 Å². The Morgan fingerprint density at radius 3 is 2.81 bits per heavy atom. The van der Waals surface area contributed by atoms with Crippen molar-refractivity contribution in [3.05, 3.63) is 17.0 Å². The SMILES string of the molecule is COCCOCCNCc1cc2cc(S(N)(=O)=O)oc2s1. The molecule has 0 unspecified atom stereocenters. The summed E-state index contributed by atoms with van der Waals surface area (Å²) in [5.74, 6) is 0. The molecule has 9 heteroatoms. The Morgan fingerprint density at radius 1 is 1.33 bits per heavy atom. The normalized spacial score (nSPS) is 12.3. The first kappa shape index (κ1) is 16.4. The predicted molar refractivity (Wildman–Crippen MR) is 79.9 cm³/mol. The Morgan fingerprint density at radius 2 is 2.14 bits per heavy atom. The molecule has 118 valence electrons. The van der Waals surface area contributed by atoms with Crippen LogP contribution in [0.5, 0.6) is 0 Å². The van der Waals surface area contributed by atoms with E-state index < -0.39 is 10.0 Å². The van der Waals surface area contributed by atoms with Crippen LogP contribution < -0.4 is 10.5 Å². The summed E-state index contributed by atoms with van der Waals surface area (Å²) in [5, 5.41) is 8.80. The maximum atomic E-state index is 11.2. The first-order chi connectivity index (χ1) is 10.0. The van der Waals surface area contributed by atoms with Gasteiger partial charge in [0.1, 0.15) is 0 Å². The molecule has 0 saturated carbocycles. The van der Waals surface area contributed by atoms with E-state index in [1.165, 1.54) is 17.4 Å². The molecule has 2 aromatic heterocycles. The molecule has 7 nitrogen and oxygen atoms in total. The van der Waals surface area contributed by atoms with E-state index in [2.05, 4.69) is 5.32 Å². The number of hydrogen-bond acceptors (Lipinski definition) is 7. The molecule has 0 atom stereocenters. The van der Waals surface area contributed by atoms with Crippen LogP contribution in [-0.2, 0) is 26.0 Å². The van der Waals surface area contributed by atoms with Gasteiger partial charge < -0.3 is 19.2 Å². The van der Waals surface area contributed by atoms with Crippen LogP contribution in [0.4, 0.5) is 0 Å². The van der Waals surface area contributed by atoms with Crippen LogP contribution >= 0.6 is 11.3 Å². The summed E-state index contributed by atoms with van der Waals surface area (Å²) in [6.07, 6.45) is 0. The van der Waals surface area contributed by atoms with Crippen LogP contribution in [0.2, 0.25) is 0 Å². The highest BCUT2D eigenvalue weighted by atomic mass is 32.2. The van der Waals surface area contributed by atoms with Gasteiger partial charge >= 0.3 is 0 Å². The summed E-state index contributed by atoms with van der Waals surface area (Å²) >= 11 is 1.40. The molecule has 0 saturated heterocycles. The molecule has 2 heterocycles. The molecule has 21 heavy (non-hydrogen) atoms. The van der Waals surface area contributed by atoms with Crippen LogP contribution in [-0.4, -0.2) is 41.9 Å². The van der Waals surface area contributed by atoms with E-state index >= 15 is 0 Å². The summed E-state index contributed by atoms with van der Waals surface area (Å²) in [7, 11) is -2.15. The van der Waals surface area contributed by atoms with E-state index in [1.54, 1.807) is 7.11 Å². The lowest BCUT2D eigenvalue weighted by Gasteiger charge is -2.04. The van der Waals surface area contributed by atoms with Crippen LogP contribution in [0.25, 0.3) is 10.3 Å². The van der Waals surface area contributed by atoms with Gasteiger partial charge in [-0.1, -0.05) is 0 Å². The van der Waals surface area contributed by atoms with Crippen molar-refractivity contribution in [3.8, 4) is 0 Å². The van der Waals surface area contributed by atoms with Gasteiger partial charge in [-0.3, -0.25) is 0 Å². The number of nitrogens with one attached hydrogen (secondary N) is 1. The van der Waals surface area contributed by atoms with Gasteiger partial charge in [-0.2, -0.15) is 0 Å². The van der Waals surface area contributed by atoms with Crippen molar-refractivity contribution in [1.29, 1.82) is 0 Å². The number of ether oxygens (including phenoxy) is 2. The Hall–Kier alpha value is -0.970. The molecular formula is C12H18N2O5S2. The topological polar surface area (TPSA) is 104 Å². The van der Waals surface area contributed by atoms with Crippen molar-refractivity contribution in [1.82, 2.24) is 5.32 Å². The van der Waals surface area contributed by atoms with E-state index in [1.807, 2.05) is 6.07 Å². The molecule has 0 spiro atoms. The van der Waals surface area contributed by atoms with E-state index in [0.29, 0.717) is 31.3 Å². The van der Waals surface area contributed by atoms with Gasteiger partial charge in [0.25, 0.3) is 10.0 Å². The van der Waals surface area contributed by atoms with Gasteiger partial charge in [0.05, 0.1) is 19.8 Å². The Bertz CT molecular complexity index is 645. The summed E-state index contributed by atoms with van der Waals surface area (Å²) in [4.78, 5) is 1.62. The fraction of sp³-hybridized carbons (Fsp3) is 0.500. The molecule has 0 aliphatic heterocycles. The second-order valence-electron chi connectivity index (χ2n) is 4.35. The minimum absolute atomic E-state index is 0.199. The second-order valence-corrected chi connectivity index (χ2v) is 6.94. The minimum Gasteiger partial charge on any atom is -0.433 e. The van der Waals surface area contributed by atoms with Crippen LogP contribution in [0.15, 0.2) is 21.6 Å². The first-order valence-electron chi connectivity index (χ1n) is 6.33. The number of fused-ring (bicyclic) bond motifs is 1. The average Bonchev–Trinajstić information content (AvgIpc) is 2.95. The summed E-state index contributed by atoms with van der Waals surface area (Å²) in [5.41, 5.74) is 0. The number of thiophene rings is 1. The number of nitrogens with two attached hydrogens (primary N) is 1. The number of hydrogen-bond donors (Lipinski definition) is 2. The molecule has 2 aromatic rings. The van der Waals surface area contributed by atoms with Crippen molar-refractivity contribution in [3.63, 3.8) is 0 Å². The highest BCUT2D eigenvalue weighted by Gasteiger charge is 2.16. The molecule has 0 amide bonds. The lowest BCUT2D eigenvalue weighted by Crippen LogP contribution is -2.19. The summed E-state index contributed by atoms with van der Waals surface area (Å²) in [6, 6.07) is 3.33. The third-order valence-corrected chi connectivity index (χ3v) is 4.47. The molecule has 0 radical (unpaired) electrons. The third-order valence-electron chi connectivity index (χ3n) is 2.68. The van der Waals surface area contributed by atoms with Crippen molar-refractivity contribution >= 4 is 31.6 Å². The second kappa shape index (κ2) is 7.34. The Kier molecular flexibility index (Phi) is 5.73. The Labute approximate surface area is 127 Å². The summed E-state index contributed by atoms with van der Waals surface area (Å²) in [6.45, 7) is 3.19. The zero-order valence-electron chi connectivity index (χ0n) is 11.6. The van der Waals surface area contributed by atoms with E-state index in [4.69, 9.17) is 19.0 Å². The maximum Gasteiger partial charge on any atom is 0.271 e. The van der Waals surface area contributed by atoms with E-state index in [0.717, 1.165) is 16.8 Å². The largest absolute Gasteiger partial charge is 0.433 e. The molecular weight excluding hydrogens is 316 g/mol. The lowest BCUT2D eigenvalue weighted by atomic mass is 10.3. The molecule has 2 rings (SSSR count). The zero-order chi connectivity index (χ0) is 15.3. The van der Waals surface area contributed by atoms with Gasteiger partial charge in [-0.25, -0.2) is 13.6 Å². The van der Waals surface area contributed by atoms with Crippen LogP contribution in [0, 0.1) is 0 Å². The molecule has 0 fully saturated rings. The Balaban J connectivity index is 1.80. The fourth-order valence-corrected chi connectivity index (χ4v) is 3.20. The average molecular weight is 334 g/mol. The highest BCUT2D eigenvalue weighted by molar-refractivity contribution is 7.89. The van der Waals surface area contributed by atoms with Crippen molar-refractivity contribution in [2.75, 3.05) is 33.5 Å². The van der Waals surface area contributed by atoms with E-state index in [-0.39, 0.29) is 5.09 Å². The molecule has 0 aliphatic rings. The van der Waals surface area contributed by atoms with Crippen LogP contribution in [0.1, 0.15) is 4.88 Å². The van der Waals surface area contributed by atoms with Crippen molar-refractivity contribution in [2.24, 2.45) is 5.14 Å². The first-order valence-corrected chi connectivity index (χ1v) is 8.69. The predicted octanol–water partition coefficient (Wildman–Crippen LogP) is 0.894. The zero-order valence-corrected chi connectivity index (χ0v) is 13.3. The number of primary sulfonamides is 1. The highest BCUT2D eigenvalue weighted by Crippen LogP contribution is 2.30. The third kappa shape index (κ3) is 4.77. The van der Waals surface area contributed by atoms with Gasteiger partial charge in [-0.15, -0.1) is 11.3 Å². The number of sulfonamides is 1. The number of rotatable bonds is 9. The maximum absolute atomic E-state index is 11.2. The van der Waals surface area contributed by atoms with Gasteiger partial charge in [-0.05, 0) is 6.07 Å². The molecule has 0 bridgehead atoms. The van der Waals surface area contributed by atoms with Gasteiger partial charge in [0.15, 0.2) is 4.90 Å². The number of furan rings is 1. The summed E-state index contributed by atoms with van der Waals surface area (Å²) < 4.78 is 37.7. The quantitative estimate of drug-likeness (QED) is 0.660. The molecule has 3 N–H and O–H groups in total.